The maximum atomic E-state index is 10.7. The van der Waals surface area contributed by atoms with E-state index in [2.05, 4.69) is 0 Å². The third-order valence-corrected chi connectivity index (χ3v) is 3.70. The molecule has 0 saturated carbocycles. The molecule has 0 aromatic carbocycles. The molecule has 3 N–H and O–H groups in total. The molecule has 0 spiro atoms. The van der Waals surface area contributed by atoms with Crippen molar-refractivity contribution in [2.45, 2.75) is 0 Å². The summed E-state index contributed by atoms with van der Waals surface area (Å²) in [6.45, 7) is 0. The van der Waals surface area contributed by atoms with Crippen molar-refractivity contribution in [2.24, 2.45) is 0 Å². The molecule has 0 bridgehead atoms. The van der Waals surface area contributed by atoms with Crippen molar-refractivity contribution in [1.82, 2.24) is 0 Å². The second-order valence-electron chi connectivity index (χ2n) is 2.67. The first-order chi connectivity index (χ1) is 6.70. The number of carboxylic acids is 1. The molecule has 2 aromatic heterocycles. The molecule has 0 aliphatic rings. The lowest BCUT2D eigenvalue weighted by Gasteiger charge is -1.95. The Bertz CT molecular complexity index is 459. The van der Waals surface area contributed by atoms with Crippen LogP contribution >= 0.6 is 22.7 Å². The first-order valence-electron chi connectivity index (χ1n) is 3.84. The van der Waals surface area contributed by atoms with Gasteiger partial charge in [-0.2, -0.15) is 0 Å². The van der Waals surface area contributed by atoms with E-state index in [0.29, 0.717) is 5.69 Å². The molecule has 72 valence electrons. The van der Waals surface area contributed by atoms with E-state index < -0.39 is 5.97 Å². The van der Waals surface area contributed by atoms with Crippen LogP contribution in [0.3, 0.4) is 0 Å². The lowest BCUT2D eigenvalue weighted by molar-refractivity contribution is 0.0703. The third-order valence-electron chi connectivity index (χ3n) is 1.81. The Balaban J connectivity index is 2.52. The number of hydrogen-bond donors (Lipinski definition) is 2. The Morgan fingerprint density at radius 3 is 2.71 bits per heavy atom. The highest BCUT2D eigenvalue weighted by Gasteiger charge is 2.15. The first kappa shape index (κ1) is 9.23. The Morgan fingerprint density at radius 1 is 1.43 bits per heavy atom. The molecule has 0 aliphatic heterocycles. The van der Waals surface area contributed by atoms with Gasteiger partial charge in [-0.1, -0.05) is 6.07 Å². The summed E-state index contributed by atoms with van der Waals surface area (Å²) in [5.74, 6) is -0.963. The second-order valence-corrected chi connectivity index (χ2v) is 4.50. The fourth-order valence-electron chi connectivity index (χ4n) is 1.16. The molecular formula is C9H7NO2S2. The number of thiophene rings is 2. The highest BCUT2D eigenvalue weighted by molar-refractivity contribution is 7.15. The fraction of sp³-hybridized carbons (Fsp3) is 0. The smallest absolute Gasteiger partial charge is 0.348 e. The van der Waals surface area contributed by atoms with Gasteiger partial charge in [0.1, 0.15) is 4.88 Å². The van der Waals surface area contributed by atoms with E-state index in [-0.39, 0.29) is 4.88 Å². The highest BCUT2D eigenvalue weighted by Crippen LogP contribution is 2.36. The van der Waals surface area contributed by atoms with Crippen LogP contribution in [0, 0.1) is 0 Å². The van der Waals surface area contributed by atoms with Crippen molar-refractivity contribution >= 4 is 34.3 Å². The summed E-state index contributed by atoms with van der Waals surface area (Å²) in [5, 5.41) is 12.5. The Morgan fingerprint density at radius 2 is 2.21 bits per heavy atom. The standard InChI is InChI=1S/C9H7NO2S2/c10-7-5(6-2-1-3-13-6)4-14-8(7)9(11)12/h1-4H,10H2,(H,11,12). The van der Waals surface area contributed by atoms with Crippen molar-refractivity contribution in [3.8, 4) is 10.4 Å². The summed E-state index contributed by atoms with van der Waals surface area (Å²) in [6.07, 6.45) is 0. The van der Waals surface area contributed by atoms with Gasteiger partial charge in [0.2, 0.25) is 0 Å². The van der Waals surface area contributed by atoms with E-state index >= 15 is 0 Å². The maximum absolute atomic E-state index is 10.7. The molecule has 2 heterocycles. The minimum absolute atomic E-state index is 0.216. The minimum Gasteiger partial charge on any atom is -0.477 e. The average molecular weight is 225 g/mol. The molecule has 14 heavy (non-hydrogen) atoms. The number of nitrogens with two attached hydrogens (primary N) is 1. The summed E-state index contributed by atoms with van der Waals surface area (Å²) >= 11 is 2.71. The zero-order chi connectivity index (χ0) is 10.1. The summed E-state index contributed by atoms with van der Waals surface area (Å²) in [4.78, 5) is 12.0. The van der Waals surface area contributed by atoms with E-state index in [1.165, 1.54) is 0 Å². The molecule has 0 radical (unpaired) electrons. The van der Waals surface area contributed by atoms with Crippen LogP contribution in [0.5, 0.6) is 0 Å². The molecule has 0 aliphatic carbocycles. The quantitative estimate of drug-likeness (QED) is 0.826. The number of nitrogen functional groups attached to an aromatic ring is 1. The predicted octanol–water partition coefficient (Wildman–Crippen LogP) is 2.76. The Hall–Kier alpha value is -1.33. The maximum Gasteiger partial charge on any atom is 0.348 e. The summed E-state index contributed by atoms with van der Waals surface area (Å²) in [7, 11) is 0. The van der Waals surface area contributed by atoms with E-state index in [9.17, 15) is 4.79 Å². The number of carboxylic acid groups (broad SMARTS) is 1. The van der Waals surface area contributed by atoms with Crippen molar-refractivity contribution in [2.75, 3.05) is 5.73 Å². The average Bonchev–Trinajstić information content (AvgIpc) is 2.71. The summed E-state index contributed by atoms with van der Waals surface area (Å²) < 4.78 is 0. The van der Waals surface area contributed by atoms with Gasteiger partial charge in [0.05, 0.1) is 5.69 Å². The SMILES string of the molecule is Nc1c(-c2cccs2)csc1C(=O)O. The number of rotatable bonds is 2. The van der Waals surface area contributed by atoms with Crippen molar-refractivity contribution < 1.29 is 9.90 Å². The van der Waals surface area contributed by atoms with Gasteiger partial charge >= 0.3 is 5.97 Å². The van der Waals surface area contributed by atoms with Crippen LogP contribution in [0.4, 0.5) is 5.69 Å². The highest BCUT2D eigenvalue weighted by atomic mass is 32.1. The van der Waals surface area contributed by atoms with Gasteiger partial charge < -0.3 is 10.8 Å². The van der Waals surface area contributed by atoms with Crippen LogP contribution in [0.1, 0.15) is 9.67 Å². The minimum atomic E-state index is -0.963. The van der Waals surface area contributed by atoms with Gasteiger partial charge in [-0.25, -0.2) is 4.79 Å². The van der Waals surface area contributed by atoms with E-state index in [4.69, 9.17) is 10.8 Å². The van der Waals surface area contributed by atoms with Crippen molar-refractivity contribution in [1.29, 1.82) is 0 Å². The molecular weight excluding hydrogens is 218 g/mol. The van der Waals surface area contributed by atoms with Crippen LogP contribution in [-0.4, -0.2) is 11.1 Å². The van der Waals surface area contributed by atoms with E-state index in [0.717, 1.165) is 21.8 Å². The predicted molar refractivity (Wildman–Crippen MR) is 59.0 cm³/mol. The largest absolute Gasteiger partial charge is 0.477 e. The van der Waals surface area contributed by atoms with Gasteiger partial charge in [-0.15, -0.1) is 22.7 Å². The van der Waals surface area contributed by atoms with Gasteiger partial charge in [0.15, 0.2) is 0 Å². The normalized spacial score (nSPS) is 10.3. The summed E-state index contributed by atoms with van der Waals surface area (Å²) in [5.41, 5.74) is 6.92. The third kappa shape index (κ3) is 1.40. The monoisotopic (exact) mass is 225 g/mol. The zero-order valence-corrected chi connectivity index (χ0v) is 8.69. The molecule has 2 aromatic rings. The second kappa shape index (κ2) is 3.43. The van der Waals surface area contributed by atoms with Gasteiger partial charge in [0, 0.05) is 15.8 Å². The van der Waals surface area contributed by atoms with E-state index in [1.807, 2.05) is 17.5 Å². The van der Waals surface area contributed by atoms with Gasteiger partial charge in [0.25, 0.3) is 0 Å². The van der Waals surface area contributed by atoms with E-state index in [1.54, 1.807) is 16.7 Å². The number of carbonyl (C=O) groups is 1. The number of aromatic carboxylic acids is 1. The molecule has 0 unspecified atom stereocenters. The molecule has 3 nitrogen and oxygen atoms in total. The first-order valence-corrected chi connectivity index (χ1v) is 5.60. The number of hydrogen-bond acceptors (Lipinski definition) is 4. The fourth-order valence-corrected chi connectivity index (χ4v) is 2.81. The lowest BCUT2D eigenvalue weighted by atomic mass is 10.2. The summed E-state index contributed by atoms with van der Waals surface area (Å²) in [6, 6.07) is 3.84. The Labute approximate surface area is 88.4 Å². The molecule has 0 saturated heterocycles. The molecule has 0 atom stereocenters. The van der Waals surface area contributed by atoms with Crippen LogP contribution in [0.2, 0.25) is 0 Å². The Kier molecular flexibility index (Phi) is 2.26. The molecule has 0 amide bonds. The van der Waals surface area contributed by atoms with Crippen LogP contribution in [-0.2, 0) is 0 Å². The number of anilines is 1. The van der Waals surface area contributed by atoms with Crippen molar-refractivity contribution in [3.05, 3.63) is 27.8 Å². The lowest BCUT2D eigenvalue weighted by Crippen LogP contribution is -1.97. The molecule has 2 rings (SSSR count). The van der Waals surface area contributed by atoms with Crippen molar-refractivity contribution in [3.63, 3.8) is 0 Å². The zero-order valence-electron chi connectivity index (χ0n) is 7.06. The van der Waals surface area contributed by atoms with Gasteiger partial charge in [-0.05, 0) is 11.4 Å². The van der Waals surface area contributed by atoms with Crippen LogP contribution in [0.25, 0.3) is 10.4 Å². The van der Waals surface area contributed by atoms with Crippen LogP contribution < -0.4 is 5.73 Å². The topological polar surface area (TPSA) is 63.3 Å². The van der Waals surface area contributed by atoms with Gasteiger partial charge in [-0.3, -0.25) is 0 Å². The molecule has 5 heteroatoms. The van der Waals surface area contributed by atoms with Crippen LogP contribution in [0.15, 0.2) is 22.9 Å². The molecule has 0 fully saturated rings.